The molecule has 1 aliphatic heterocycles. The third-order valence-electron chi connectivity index (χ3n) is 1.64. The fraction of sp³-hybridized carbons (Fsp3) is 0.857. The lowest BCUT2D eigenvalue weighted by Gasteiger charge is -2.06. The topological polar surface area (TPSA) is 68.3 Å². The van der Waals surface area contributed by atoms with Crippen LogP contribution in [0.15, 0.2) is 0 Å². The van der Waals surface area contributed by atoms with Crippen LogP contribution >= 0.6 is 0 Å². The van der Waals surface area contributed by atoms with E-state index in [1.165, 1.54) is 0 Å². The zero-order chi connectivity index (χ0) is 8.10. The summed E-state index contributed by atoms with van der Waals surface area (Å²) in [5.41, 5.74) is 5.10. The van der Waals surface area contributed by atoms with Crippen LogP contribution < -0.4 is 5.73 Å². The van der Waals surface area contributed by atoms with Crippen LogP contribution in [0.1, 0.15) is 6.42 Å². The molecule has 1 aliphatic rings. The zero-order valence-electron chi connectivity index (χ0n) is 6.51. The monoisotopic (exact) mass is 158 g/mol. The lowest BCUT2D eigenvalue weighted by atomic mass is 10.1. The number of hydrogen-bond acceptors (Lipinski definition) is 3. The van der Waals surface area contributed by atoms with Crippen LogP contribution in [0.2, 0.25) is 0 Å². The van der Waals surface area contributed by atoms with Crippen molar-refractivity contribution in [1.29, 1.82) is 5.41 Å². The molecule has 0 amide bonds. The number of ether oxygens (including phenoxy) is 2. The molecule has 4 nitrogen and oxygen atoms in total. The van der Waals surface area contributed by atoms with Gasteiger partial charge in [0.05, 0.1) is 13.2 Å². The van der Waals surface area contributed by atoms with Crippen molar-refractivity contribution in [1.82, 2.24) is 0 Å². The fourth-order valence-electron chi connectivity index (χ4n) is 1.05. The highest BCUT2D eigenvalue weighted by molar-refractivity contribution is 5.78. The summed E-state index contributed by atoms with van der Waals surface area (Å²) >= 11 is 0. The van der Waals surface area contributed by atoms with Crippen molar-refractivity contribution in [3.05, 3.63) is 0 Å². The smallest absolute Gasteiger partial charge is 0.117 e. The van der Waals surface area contributed by atoms with Gasteiger partial charge in [-0.15, -0.1) is 0 Å². The Kier molecular flexibility index (Phi) is 3.32. The van der Waals surface area contributed by atoms with Crippen LogP contribution in [0, 0.1) is 11.3 Å². The largest absolute Gasteiger partial charge is 0.386 e. The molecule has 1 unspecified atom stereocenters. The van der Waals surface area contributed by atoms with Crippen LogP contribution in [0.4, 0.5) is 0 Å². The number of nitrogens with one attached hydrogen (secondary N) is 1. The summed E-state index contributed by atoms with van der Waals surface area (Å²) in [7, 11) is 0. The van der Waals surface area contributed by atoms with Crippen LogP contribution in [-0.2, 0) is 9.47 Å². The molecule has 0 bridgehead atoms. The van der Waals surface area contributed by atoms with Gasteiger partial charge in [0.25, 0.3) is 0 Å². The van der Waals surface area contributed by atoms with E-state index in [1.807, 2.05) is 0 Å². The molecule has 1 rings (SSSR count). The van der Waals surface area contributed by atoms with Gasteiger partial charge in [-0.05, 0) is 6.42 Å². The van der Waals surface area contributed by atoms with Gasteiger partial charge in [0.15, 0.2) is 0 Å². The lowest BCUT2D eigenvalue weighted by Crippen LogP contribution is -2.20. The molecule has 3 N–H and O–H groups in total. The highest BCUT2D eigenvalue weighted by Gasteiger charge is 2.15. The molecule has 1 saturated heterocycles. The van der Waals surface area contributed by atoms with Gasteiger partial charge in [-0.1, -0.05) is 0 Å². The van der Waals surface area contributed by atoms with E-state index in [-0.39, 0.29) is 12.4 Å². The van der Waals surface area contributed by atoms with Crippen molar-refractivity contribution < 1.29 is 9.47 Å². The Bertz CT molecular complexity index is 132. The Hall–Kier alpha value is -0.610. The first-order chi connectivity index (χ1) is 5.29. The number of nitrogens with two attached hydrogens (primary N) is 1. The van der Waals surface area contributed by atoms with E-state index in [1.54, 1.807) is 0 Å². The van der Waals surface area contributed by atoms with Crippen LogP contribution in [0.5, 0.6) is 0 Å². The Morgan fingerprint density at radius 1 is 1.73 bits per heavy atom. The third kappa shape index (κ3) is 3.34. The van der Waals surface area contributed by atoms with Gasteiger partial charge in [0.1, 0.15) is 12.4 Å². The first-order valence-corrected chi connectivity index (χ1v) is 3.77. The number of rotatable bonds is 4. The van der Waals surface area contributed by atoms with Crippen LogP contribution in [0.25, 0.3) is 0 Å². The molecular weight excluding hydrogens is 144 g/mol. The van der Waals surface area contributed by atoms with E-state index in [0.717, 1.165) is 19.6 Å². The molecule has 1 atom stereocenters. The van der Waals surface area contributed by atoms with Crippen LogP contribution in [0.3, 0.4) is 0 Å². The van der Waals surface area contributed by atoms with E-state index < -0.39 is 0 Å². The summed E-state index contributed by atoms with van der Waals surface area (Å²) in [5.74, 6) is 0.596. The Morgan fingerprint density at radius 3 is 3.09 bits per heavy atom. The van der Waals surface area contributed by atoms with Crippen molar-refractivity contribution in [2.45, 2.75) is 6.42 Å². The molecule has 0 saturated carbocycles. The molecule has 0 aliphatic carbocycles. The molecule has 64 valence electrons. The first-order valence-electron chi connectivity index (χ1n) is 3.77. The second-order valence-electron chi connectivity index (χ2n) is 2.77. The minimum Gasteiger partial charge on any atom is -0.386 e. The zero-order valence-corrected chi connectivity index (χ0v) is 6.51. The van der Waals surface area contributed by atoms with E-state index >= 15 is 0 Å². The maximum Gasteiger partial charge on any atom is 0.117 e. The average molecular weight is 158 g/mol. The summed E-state index contributed by atoms with van der Waals surface area (Å²) in [6.07, 6.45) is 1.07. The van der Waals surface area contributed by atoms with E-state index in [2.05, 4.69) is 0 Å². The quantitative estimate of drug-likeness (QED) is 0.446. The lowest BCUT2D eigenvalue weighted by molar-refractivity contribution is 0.113. The highest BCUT2D eigenvalue weighted by atomic mass is 16.5. The predicted molar refractivity (Wildman–Crippen MR) is 41.7 cm³/mol. The predicted octanol–water partition coefficient (Wildman–Crippen LogP) is -0.0245. The van der Waals surface area contributed by atoms with Crippen molar-refractivity contribution >= 4 is 5.84 Å². The summed E-state index contributed by atoms with van der Waals surface area (Å²) in [6, 6.07) is 0. The van der Waals surface area contributed by atoms with Gasteiger partial charge in [-0.25, -0.2) is 0 Å². The van der Waals surface area contributed by atoms with E-state index in [0.29, 0.717) is 12.5 Å². The number of hydrogen-bond donors (Lipinski definition) is 2. The Labute approximate surface area is 66.2 Å². The average Bonchev–Trinajstić information content (AvgIpc) is 2.39. The SMILES string of the molecule is N=C(N)COCC1CCOC1. The van der Waals surface area contributed by atoms with Crippen molar-refractivity contribution in [3.8, 4) is 0 Å². The fourth-order valence-corrected chi connectivity index (χ4v) is 1.05. The maximum atomic E-state index is 6.89. The van der Waals surface area contributed by atoms with E-state index in [9.17, 15) is 0 Å². The van der Waals surface area contributed by atoms with Crippen molar-refractivity contribution in [3.63, 3.8) is 0 Å². The molecule has 1 fully saturated rings. The summed E-state index contributed by atoms with van der Waals surface area (Å²) in [5, 5.41) is 6.89. The van der Waals surface area contributed by atoms with Gasteiger partial charge < -0.3 is 15.2 Å². The molecule has 11 heavy (non-hydrogen) atoms. The minimum atomic E-state index is 0.0870. The number of amidine groups is 1. The van der Waals surface area contributed by atoms with Crippen LogP contribution in [-0.4, -0.2) is 32.3 Å². The van der Waals surface area contributed by atoms with Gasteiger partial charge >= 0.3 is 0 Å². The summed E-state index contributed by atoms with van der Waals surface area (Å²) in [6.45, 7) is 2.54. The third-order valence-corrected chi connectivity index (χ3v) is 1.64. The second-order valence-corrected chi connectivity index (χ2v) is 2.77. The Balaban J connectivity index is 1.98. The molecule has 4 heteroatoms. The highest BCUT2D eigenvalue weighted by Crippen LogP contribution is 2.11. The van der Waals surface area contributed by atoms with E-state index in [4.69, 9.17) is 20.6 Å². The normalized spacial score (nSPS) is 23.8. The molecule has 0 radical (unpaired) electrons. The van der Waals surface area contributed by atoms with Crippen molar-refractivity contribution in [2.24, 2.45) is 11.7 Å². The minimum absolute atomic E-state index is 0.0870. The van der Waals surface area contributed by atoms with Gasteiger partial charge in [0, 0.05) is 12.5 Å². The molecule has 0 aromatic heterocycles. The van der Waals surface area contributed by atoms with Gasteiger partial charge in [0.2, 0.25) is 0 Å². The first kappa shape index (κ1) is 8.49. The second kappa shape index (κ2) is 4.31. The molecular formula is C7H14N2O2. The van der Waals surface area contributed by atoms with Gasteiger partial charge in [-0.3, -0.25) is 5.41 Å². The van der Waals surface area contributed by atoms with Gasteiger partial charge in [-0.2, -0.15) is 0 Å². The maximum absolute atomic E-state index is 6.89. The Morgan fingerprint density at radius 2 is 2.55 bits per heavy atom. The van der Waals surface area contributed by atoms with Crippen molar-refractivity contribution in [2.75, 3.05) is 26.4 Å². The summed E-state index contributed by atoms with van der Waals surface area (Å²) in [4.78, 5) is 0. The molecule has 1 heterocycles. The summed E-state index contributed by atoms with van der Waals surface area (Å²) < 4.78 is 10.3. The standard InChI is InChI=1S/C7H14N2O2/c8-7(9)5-11-4-6-1-2-10-3-6/h6H,1-5H2,(H3,8,9). The molecule has 0 aromatic rings. The molecule has 0 spiro atoms. The molecule has 0 aromatic carbocycles.